The van der Waals surface area contributed by atoms with Crippen molar-refractivity contribution in [3.63, 3.8) is 0 Å². The van der Waals surface area contributed by atoms with Crippen molar-refractivity contribution >= 4 is 17.2 Å². The number of fused-ring (bicyclic) bond motifs is 1. The molecule has 32 heavy (non-hydrogen) atoms. The molecule has 0 saturated heterocycles. The number of halogens is 2. The zero-order chi connectivity index (χ0) is 22.2. The van der Waals surface area contributed by atoms with Gasteiger partial charge in [0.15, 0.2) is 5.78 Å². The van der Waals surface area contributed by atoms with E-state index < -0.39 is 17.7 Å². The predicted octanol–water partition coefficient (Wildman–Crippen LogP) is 5.95. The molecular formula is C26H22F2N2O2. The third kappa shape index (κ3) is 3.62. The Bertz CT molecular complexity index is 1220. The minimum atomic E-state index is -0.791. The zero-order valence-corrected chi connectivity index (χ0v) is 17.5. The summed E-state index contributed by atoms with van der Waals surface area (Å²) in [4.78, 5) is 13.4. The van der Waals surface area contributed by atoms with E-state index in [1.807, 2.05) is 48.5 Å². The molecule has 1 aliphatic heterocycles. The van der Waals surface area contributed by atoms with Gasteiger partial charge in [-0.05, 0) is 60.4 Å². The van der Waals surface area contributed by atoms with Gasteiger partial charge in [-0.2, -0.15) is 0 Å². The number of hydrogen-bond donors (Lipinski definition) is 2. The molecule has 2 N–H and O–H groups in total. The van der Waals surface area contributed by atoms with E-state index in [4.69, 9.17) is 4.74 Å². The fourth-order valence-electron chi connectivity index (χ4n) is 4.57. The molecule has 0 unspecified atom stereocenters. The highest BCUT2D eigenvalue weighted by Gasteiger charge is 2.37. The molecule has 0 bridgehead atoms. The molecule has 1 aliphatic carbocycles. The van der Waals surface area contributed by atoms with Crippen molar-refractivity contribution < 1.29 is 18.3 Å². The smallest absolute Gasteiger partial charge is 0.163 e. The second-order valence-corrected chi connectivity index (χ2v) is 8.11. The zero-order valence-electron chi connectivity index (χ0n) is 17.5. The second-order valence-electron chi connectivity index (χ2n) is 8.11. The summed E-state index contributed by atoms with van der Waals surface area (Å²) in [5.41, 5.74) is 3.86. The van der Waals surface area contributed by atoms with E-state index in [9.17, 15) is 13.6 Å². The Balaban J connectivity index is 1.61. The molecule has 2 aliphatic rings. The summed E-state index contributed by atoms with van der Waals surface area (Å²) >= 11 is 0. The molecule has 6 heteroatoms. The molecule has 5 rings (SSSR count). The number of carbonyl (C=O) groups excluding carboxylic acids is 1. The van der Waals surface area contributed by atoms with Gasteiger partial charge in [-0.3, -0.25) is 4.79 Å². The van der Waals surface area contributed by atoms with Gasteiger partial charge in [0.1, 0.15) is 17.4 Å². The van der Waals surface area contributed by atoms with E-state index in [0.29, 0.717) is 12.0 Å². The molecule has 3 aromatic rings. The van der Waals surface area contributed by atoms with Gasteiger partial charge in [-0.15, -0.1) is 0 Å². The maximum Gasteiger partial charge on any atom is 0.163 e. The molecular weight excluding hydrogens is 410 g/mol. The van der Waals surface area contributed by atoms with Gasteiger partial charge in [0, 0.05) is 23.3 Å². The van der Waals surface area contributed by atoms with Crippen molar-refractivity contribution in [1.82, 2.24) is 0 Å². The highest BCUT2D eigenvalue weighted by Crippen LogP contribution is 2.44. The van der Waals surface area contributed by atoms with Crippen LogP contribution < -0.4 is 15.4 Å². The molecule has 2 atom stereocenters. The minimum Gasteiger partial charge on any atom is -0.497 e. The number of Topliss-reactive ketones (excluding diaryl/α,β-unsaturated/α-hetero) is 1. The van der Waals surface area contributed by atoms with Crippen molar-refractivity contribution in [2.45, 2.75) is 24.8 Å². The Morgan fingerprint density at radius 2 is 1.69 bits per heavy atom. The Hall–Kier alpha value is -3.67. The number of para-hydroxylation sites is 2. The SMILES string of the molecule is COc1ccc([C@@H]2CC(=O)C3=C(C2)Nc2ccccc2N[C@@H]3c2cc(F)ccc2F)cc1. The summed E-state index contributed by atoms with van der Waals surface area (Å²) in [5.74, 6) is -0.463. The van der Waals surface area contributed by atoms with Crippen LogP contribution in [0.2, 0.25) is 0 Å². The molecule has 3 aromatic carbocycles. The first-order valence-electron chi connectivity index (χ1n) is 10.5. The van der Waals surface area contributed by atoms with Crippen molar-refractivity contribution in [2.75, 3.05) is 17.7 Å². The van der Waals surface area contributed by atoms with E-state index in [0.717, 1.165) is 46.6 Å². The monoisotopic (exact) mass is 432 g/mol. The Labute approximate surface area is 184 Å². The van der Waals surface area contributed by atoms with Gasteiger partial charge in [-0.1, -0.05) is 24.3 Å². The fraction of sp³-hybridized carbons (Fsp3) is 0.192. The second kappa shape index (κ2) is 8.11. The van der Waals surface area contributed by atoms with E-state index in [-0.39, 0.29) is 23.7 Å². The Morgan fingerprint density at radius 3 is 2.44 bits per heavy atom. The summed E-state index contributed by atoms with van der Waals surface area (Å²) in [7, 11) is 1.61. The van der Waals surface area contributed by atoms with Crippen molar-refractivity contribution in [3.8, 4) is 5.75 Å². The Kier molecular flexibility index (Phi) is 5.13. The molecule has 0 saturated carbocycles. The Morgan fingerprint density at radius 1 is 0.938 bits per heavy atom. The third-order valence-electron chi connectivity index (χ3n) is 6.17. The highest BCUT2D eigenvalue weighted by molar-refractivity contribution is 6.01. The van der Waals surface area contributed by atoms with E-state index in [1.165, 1.54) is 0 Å². The molecule has 0 aromatic heterocycles. The lowest BCUT2D eigenvalue weighted by Crippen LogP contribution is -2.27. The molecule has 0 radical (unpaired) electrons. The van der Waals surface area contributed by atoms with Gasteiger partial charge in [0.2, 0.25) is 0 Å². The summed E-state index contributed by atoms with van der Waals surface area (Å²) in [6.07, 6.45) is 0.870. The molecule has 0 amide bonds. The lowest BCUT2D eigenvalue weighted by molar-refractivity contribution is -0.116. The number of nitrogens with one attached hydrogen (secondary N) is 2. The molecule has 1 heterocycles. The number of allylic oxidation sites excluding steroid dienone is 1. The van der Waals surface area contributed by atoms with Gasteiger partial charge in [0.25, 0.3) is 0 Å². The maximum absolute atomic E-state index is 14.8. The van der Waals surface area contributed by atoms with Crippen molar-refractivity contribution in [2.24, 2.45) is 0 Å². The highest BCUT2D eigenvalue weighted by atomic mass is 19.1. The largest absolute Gasteiger partial charge is 0.497 e. The minimum absolute atomic E-state index is 0.0251. The first-order valence-corrected chi connectivity index (χ1v) is 10.5. The van der Waals surface area contributed by atoms with E-state index in [2.05, 4.69) is 10.6 Å². The van der Waals surface area contributed by atoms with Gasteiger partial charge < -0.3 is 15.4 Å². The van der Waals surface area contributed by atoms with Gasteiger partial charge in [0.05, 0.1) is 24.5 Å². The third-order valence-corrected chi connectivity index (χ3v) is 6.17. The summed E-state index contributed by atoms with van der Waals surface area (Å²) < 4.78 is 34.1. The average molecular weight is 432 g/mol. The van der Waals surface area contributed by atoms with Crippen LogP contribution in [0.3, 0.4) is 0 Å². The van der Waals surface area contributed by atoms with E-state index >= 15 is 0 Å². The number of benzene rings is 3. The first-order chi connectivity index (χ1) is 15.5. The van der Waals surface area contributed by atoms with Crippen LogP contribution in [0.5, 0.6) is 5.75 Å². The van der Waals surface area contributed by atoms with Gasteiger partial charge in [-0.25, -0.2) is 8.78 Å². The average Bonchev–Trinajstić information content (AvgIpc) is 2.97. The molecule has 4 nitrogen and oxygen atoms in total. The number of carbonyl (C=O) groups is 1. The number of hydrogen-bond acceptors (Lipinski definition) is 4. The molecule has 162 valence electrons. The number of ketones is 1. The lowest BCUT2D eigenvalue weighted by Gasteiger charge is -2.30. The van der Waals surface area contributed by atoms with Crippen LogP contribution in [0.15, 0.2) is 78.0 Å². The normalized spacial score (nSPS) is 19.9. The summed E-state index contributed by atoms with van der Waals surface area (Å²) in [6, 6.07) is 17.8. The first kappa shape index (κ1) is 20.2. The maximum atomic E-state index is 14.8. The van der Waals surface area contributed by atoms with Crippen molar-refractivity contribution in [3.05, 3.63) is 101 Å². The van der Waals surface area contributed by atoms with Crippen molar-refractivity contribution in [1.29, 1.82) is 0 Å². The number of rotatable bonds is 3. The van der Waals surface area contributed by atoms with Crippen LogP contribution in [-0.2, 0) is 4.79 Å². The predicted molar refractivity (Wildman–Crippen MR) is 120 cm³/mol. The van der Waals surface area contributed by atoms with Gasteiger partial charge >= 0.3 is 0 Å². The standard InChI is InChI=1S/C26H22F2N2O2/c1-32-18-9-6-15(7-10-18)16-12-23-25(24(31)13-16)26(19-14-17(27)8-11-20(19)28)30-22-5-3-2-4-21(22)29-23/h2-11,14,16,26,29-30H,12-13H2,1H3/t16-,26+/m0/s1. The quantitative estimate of drug-likeness (QED) is 0.537. The topological polar surface area (TPSA) is 50.4 Å². The van der Waals surface area contributed by atoms with Crippen LogP contribution >= 0.6 is 0 Å². The van der Waals surface area contributed by atoms with Crippen LogP contribution in [0.4, 0.5) is 20.2 Å². The fourth-order valence-corrected chi connectivity index (χ4v) is 4.57. The molecule has 0 fully saturated rings. The number of methoxy groups -OCH3 is 1. The summed E-state index contributed by atoms with van der Waals surface area (Å²) in [5, 5.41) is 6.68. The van der Waals surface area contributed by atoms with Crippen LogP contribution in [0, 0.1) is 11.6 Å². The van der Waals surface area contributed by atoms with Crippen LogP contribution in [0.1, 0.15) is 35.9 Å². The number of ether oxygens (including phenoxy) is 1. The van der Waals surface area contributed by atoms with Crippen LogP contribution in [0.25, 0.3) is 0 Å². The molecule has 0 spiro atoms. The summed E-state index contributed by atoms with van der Waals surface area (Å²) in [6.45, 7) is 0. The van der Waals surface area contributed by atoms with Crippen LogP contribution in [-0.4, -0.2) is 12.9 Å². The number of anilines is 2. The lowest BCUT2D eigenvalue weighted by atomic mass is 9.78. The van der Waals surface area contributed by atoms with E-state index in [1.54, 1.807) is 7.11 Å².